The molecule has 0 radical (unpaired) electrons. The predicted molar refractivity (Wildman–Crippen MR) is 95.0 cm³/mol. The van der Waals surface area contributed by atoms with Crippen molar-refractivity contribution in [3.8, 4) is 22.1 Å². The van der Waals surface area contributed by atoms with Crippen molar-refractivity contribution in [2.75, 3.05) is 0 Å². The van der Waals surface area contributed by atoms with E-state index in [9.17, 15) is 0 Å². The lowest BCUT2D eigenvalue weighted by Crippen LogP contribution is -1.91. The second-order valence-electron chi connectivity index (χ2n) is 4.99. The first-order chi connectivity index (χ1) is 10.7. The average molecular weight is 370 g/mol. The maximum absolute atomic E-state index is 4.79. The van der Waals surface area contributed by atoms with Gasteiger partial charge in [-0.2, -0.15) is 0 Å². The molecular weight excluding hydrogens is 358 g/mol. The van der Waals surface area contributed by atoms with Gasteiger partial charge in [0.2, 0.25) is 0 Å². The third-order valence-corrected chi connectivity index (χ3v) is 5.31. The van der Waals surface area contributed by atoms with Crippen LogP contribution in [0.15, 0.2) is 58.4 Å². The minimum atomic E-state index is 0.897. The fourth-order valence-electron chi connectivity index (χ4n) is 2.51. The smallest absolute Gasteiger partial charge is 0.170 e. The second kappa shape index (κ2) is 5.34. The Labute approximate surface area is 140 Å². The maximum Gasteiger partial charge on any atom is 0.170 e. The van der Waals surface area contributed by atoms with Gasteiger partial charge in [0.15, 0.2) is 10.8 Å². The lowest BCUT2D eigenvalue weighted by molar-refractivity contribution is 0.956. The lowest BCUT2D eigenvalue weighted by Gasteiger charge is -1.98. The normalized spacial score (nSPS) is 11.2. The highest BCUT2D eigenvalue weighted by atomic mass is 79.9. The lowest BCUT2D eigenvalue weighted by atomic mass is 10.2. The van der Waals surface area contributed by atoms with Gasteiger partial charge in [0, 0.05) is 12.6 Å². The summed E-state index contributed by atoms with van der Waals surface area (Å²) in [5.74, 6) is 0.897. The molecule has 22 heavy (non-hydrogen) atoms. The van der Waals surface area contributed by atoms with Crippen LogP contribution in [-0.4, -0.2) is 14.5 Å². The Balaban J connectivity index is 1.88. The molecule has 2 aromatic heterocycles. The second-order valence-corrected chi connectivity index (χ2v) is 7.31. The van der Waals surface area contributed by atoms with Crippen molar-refractivity contribution in [2.24, 2.45) is 7.05 Å². The van der Waals surface area contributed by atoms with E-state index in [1.54, 1.807) is 11.3 Å². The molecule has 0 N–H and O–H groups in total. The molecule has 0 aliphatic rings. The molecule has 0 saturated carbocycles. The van der Waals surface area contributed by atoms with Crippen molar-refractivity contribution >= 4 is 38.3 Å². The largest absolute Gasteiger partial charge is 0.325 e. The zero-order valence-corrected chi connectivity index (χ0v) is 14.2. The molecule has 5 heteroatoms. The first-order valence-electron chi connectivity index (χ1n) is 6.87. The number of imidazole rings is 1. The van der Waals surface area contributed by atoms with Crippen molar-refractivity contribution in [1.29, 1.82) is 0 Å². The quantitative estimate of drug-likeness (QED) is 0.490. The van der Waals surface area contributed by atoms with Gasteiger partial charge >= 0.3 is 0 Å². The molecule has 108 valence electrons. The molecule has 0 spiro atoms. The number of para-hydroxylation sites is 2. The fraction of sp³-hybridized carbons (Fsp3) is 0.0588. The number of benzene rings is 2. The number of hydrogen-bond acceptors (Lipinski definition) is 3. The van der Waals surface area contributed by atoms with Crippen LogP contribution in [0.2, 0.25) is 0 Å². The number of aromatic nitrogens is 3. The Bertz CT molecular complexity index is 957. The van der Waals surface area contributed by atoms with Crippen LogP contribution >= 0.6 is 27.3 Å². The van der Waals surface area contributed by atoms with E-state index < -0.39 is 0 Å². The molecule has 0 amide bonds. The summed E-state index contributed by atoms with van der Waals surface area (Å²) in [4.78, 5) is 9.52. The molecule has 0 aliphatic heterocycles. The summed E-state index contributed by atoms with van der Waals surface area (Å²) in [7, 11) is 2.03. The van der Waals surface area contributed by atoms with Gasteiger partial charge in [-0.15, -0.1) is 11.3 Å². The van der Waals surface area contributed by atoms with Gasteiger partial charge in [0.1, 0.15) is 0 Å². The van der Waals surface area contributed by atoms with E-state index in [0.29, 0.717) is 0 Å². The Morgan fingerprint density at radius 1 is 0.955 bits per heavy atom. The van der Waals surface area contributed by atoms with Crippen LogP contribution in [-0.2, 0) is 7.05 Å². The number of thiazole rings is 1. The minimum Gasteiger partial charge on any atom is -0.325 e. The fourth-order valence-corrected chi connectivity index (χ4v) is 4.13. The number of nitrogens with zero attached hydrogens (tertiary/aromatic N) is 3. The molecule has 0 bridgehead atoms. The highest BCUT2D eigenvalue weighted by Gasteiger charge is 2.17. The zero-order chi connectivity index (χ0) is 15.1. The van der Waals surface area contributed by atoms with Crippen molar-refractivity contribution < 1.29 is 0 Å². The average Bonchev–Trinajstić information content (AvgIpc) is 3.09. The van der Waals surface area contributed by atoms with E-state index in [0.717, 1.165) is 36.9 Å². The molecule has 0 unspecified atom stereocenters. The van der Waals surface area contributed by atoms with Gasteiger partial charge in [0.25, 0.3) is 0 Å². The molecule has 4 rings (SSSR count). The van der Waals surface area contributed by atoms with Gasteiger partial charge in [-0.1, -0.05) is 42.5 Å². The standard InChI is InChI=1S/C17H12BrN3S/c1-21-13-10-6-5-9-12(13)19-16(21)17-20-14(15(18)22-17)11-7-3-2-4-8-11/h2-10H,1H3. The highest BCUT2D eigenvalue weighted by Crippen LogP contribution is 2.37. The number of halogens is 1. The zero-order valence-electron chi connectivity index (χ0n) is 11.8. The van der Waals surface area contributed by atoms with Crippen molar-refractivity contribution in [3.05, 3.63) is 58.4 Å². The van der Waals surface area contributed by atoms with Gasteiger partial charge < -0.3 is 4.57 Å². The van der Waals surface area contributed by atoms with Crippen LogP contribution in [0.3, 0.4) is 0 Å². The number of hydrogen-bond donors (Lipinski definition) is 0. The number of rotatable bonds is 2. The molecule has 0 fully saturated rings. The van der Waals surface area contributed by atoms with Gasteiger partial charge in [-0.3, -0.25) is 0 Å². The topological polar surface area (TPSA) is 30.7 Å². The van der Waals surface area contributed by atoms with E-state index in [4.69, 9.17) is 9.97 Å². The third kappa shape index (κ3) is 2.17. The summed E-state index contributed by atoms with van der Waals surface area (Å²) in [5, 5.41) is 0.921. The maximum atomic E-state index is 4.79. The monoisotopic (exact) mass is 369 g/mol. The summed E-state index contributed by atoms with van der Waals surface area (Å²) < 4.78 is 3.12. The summed E-state index contributed by atoms with van der Waals surface area (Å²) >= 11 is 5.25. The third-order valence-electron chi connectivity index (χ3n) is 3.61. The van der Waals surface area contributed by atoms with Crippen molar-refractivity contribution in [2.45, 2.75) is 0 Å². The molecule has 0 aliphatic carbocycles. The van der Waals surface area contributed by atoms with E-state index in [-0.39, 0.29) is 0 Å². The van der Waals surface area contributed by atoms with Gasteiger partial charge in [0.05, 0.1) is 20.5 Å². The van der Waals surface area contributed by atoms with Crippen LogP contribution < -0.4 is 0 Å². The van der Waals surface area contributed by atoms with E-state index in [1.165, 1.54) is 0 Å². The van der Waals surface area contributed by atoms with Crippen LogP contribution in [0.5, 0.6) is 0 Å². The summed E-state index contributed by atoms with van der Waals surface area (Å²) in [5.41, 5.74) is 4.18. The number of aryl methyl sites for hydroxylation is 1. The molecule has 4 aromatic rings. The van der Waals surface area contributed by atoms with E-state index in [2.05, 4.69) is 38.7 Å². The van der Waals surface area contributed by atoms with Crippen LogP contribution in [0.4, 0.5) is 0 Å². The Morgan fingerprint density at radius 2 is 1.68 bits per heavy atom. The van der Waals surface area contributed by atoms with Crippen molar-refractivity contribution in [1.82, 2.24) is 14.5 Å². The minimum absolute atomic E-state index is 0.897. The van der Waals surface area contributed by atoms with Gasteiger partial charge in [-0.25, -0.2) is 9.97 Å². The molecule has 2 aromatic carbocycles. The SMILES string of the molecule is Cn1c(-c2nc(-c3ccccc3)c(Br)s2)nc2ccccc21. The van der Waals surface area contributed by atoms with E-state index >= 15 is 0 Å². The van der Waals surface area contributed by atoms with E-state index in [1.807, 2.05) is 43.4 Å². The molecule has 0 saturated heterocycles. The number of fused-ring (bicyclic) bond motifs is 1. The molecule has 3 nitrogen and oxygen atoms in total. The predicted octanol–water partition coefficient (Wildman–Crippen LogP) is 5.13. The highest BCUT2D eigenvalue weighted by molar-refractivity contribution is 9.11. The Kier molecular flexibility index (Phi) is 3.32. The summed E-state index contributed by atoms with van der Waals surface area (Å²) in [6.07, 6.45) is 0. The van der Waals surface area contributed by atoms with Crippen LogP contribution in [0, 0.1) is 0 Å². The first kappa shape index (κ1) is 13.7. The van der Waals surface area contributed by atoms with Crippen LogP contribution in [0.25, 0.3) is 33.1 Å². The van der Waals surface area contributed by atoms with Gasteiger partial charge in [-0.05, 0) is 28.1 Å². The molecule has 0 atom stereocenters. The first-order valence-corrected chi connectivity index (χ1v) is 8.48. The Hall–Kier alpha value is -1.98. The molecular formula is C17H12BrN3S. The molecule has 2 heterocycles. The summed E-state index contributed by atoms with van der Waals surface area (Å²) in [6.45, 7) is 0. The summed E-state index contributed by atoms with van der Waals surface area (Å²) in [6, 6.07) is 18.3. The van der Waals surface area contributed by atoms with Crippen LogP contribution in [0.1, 0.15) is 0 Å². The Morgan fingerprint density at radius 3 is 2.45 bits per heavy atom. The van der Waals surface area contributed by atoms with Crippen molar-refractivity contribution in [3.63, 3.8) is 0 Å².